The first-order valence-electron chi connectivity index (χ1n) is 8.53. The zero-order chi connectivity index (χ0) is 17.1. The lowest BCUT2D eigenvalue weighted by atomic mass is 10.1. The van der Waals surface area contributed by atoms with Crippen LogP contribution in [0, 0.1) is 0 Å². The van der Waals surface area contributed by atoms with Gasteiger partial charge in [0.25, 0.3) is 0 Å². The molecule has 8 heteroatoms. The van der Waals surface area contributed by atoms with E-state index in [1.165, 1.54) is 12.8 Å². The molecule has 0 aliphatic heterocycles. The minimum atomic E-state index is 0.434. The molecule has 0 saturated heterocycles. The van der Waals surface area contributed by atoms with Gasteiger partial charge in [-0.25, -0.2) is 0 Å². The van der Waals surface area contributed by atoms with E-state index in [4.69, 9.17) is 9.05 Å². The molecule has 3 heterocycles. The summed E-state index contributed by atoms with van der Waals surface area (Å²) in [5.74, 6) is 2.92. The van der Waals surface area contributed by atoms with E-state index in [0.717, 1.165) is 18.7 Å². The fourth-order valence-electron chi connectivity index (χ4n) is 3.12. The van der Waals surface area contributed by atoms with Gasteiger partial charge in [-0.05, 0) is 32.0 Å². The first-order chi connectivity index (χ1) is 12.3. The van der Waals surface area contributed by atoms with Gasteiger partial charge in [-0.1, -0.05) is 29.2 Å². The van der Waals surface area contributed by atoms with Crippen molar-refractivity contribution in [1.29, 1.82) is 0 Å². The van der Waals surface area contributed by atoms with E-state index in [1.54, 1.807) is 6.20 Å². The standard InChI is InChI=1S/C17H20N6O2/c1-23(10-14-19-17(25-21-14)12-6-2-3-7-12)11-15-20-16(22-24-15)13-8-4-5-9-18-13/h4-5,8-9,12H,2-3,6-7,10-11H2,1H3. The molecule has 0 aromatic carbocycles. The second kappa shape index (κ2) is 7.10. The van der Waals surface area contributed by atoms with Crippen LogP contribution in [0.2, 0.25) is 0 Å². The molecular weight excluding hydrogens is 320 g/mol. The Hall–Kier alpha value is -2.61. The molecule has 4 rings (SSSR count). The number of nitrogens with zero attached hydrogens (tertiary/aromatic N) is 6. The number of pyridine rings is 1. The minimum Gasteiger partial charge on any atom is -0.339 e. The van der Waals surface area contributed by atoms with Gasteiger partial charge in [0.05, 0.1) is 13.1 Å². The van der Waals surface area contributed by atoms with Crippen LogP contribution in [0.15, 0.2) is 33.4 Å². The molecule has 1 aliphatic carbocycles. The maximum atomic E-state index is 5.41. The van der Waals surface area contributed by atoms with E-state index < -0.39 is 0 Å². The molecule has 1 saturated carbocycles. The van der Waals surface area contributed by atoms with Crippen molar-refractivity contribution < 1.29 is 9.05 Å². The van der Waals surface area contributed by atoms with Crippen LogP contribution in [-0.4, -0.2) is 37.2 Å². The largest absolute Gasteiger partial charge is 0.339 e. The summed E-state index contributed by atoms with van der Waals surface area (Å²) in [6.45, 7) is 1.07. The predicted molar refractivity (Wildman–Crippen MR) is 88.2 cm³/mol. The predicted octanol–water partition coefficient (Wildman–Crippen LogP) is 2.80. The summed E-state index contributed by atoms with van der Waals surface area (Å²) in [6.07, 6.45) is 6.50. The Labute approximate surface area is 145 Å². The maximum absolute atomic E-state index is 5.41. The zero-order valence-electron chi connectivity index (χ0n) is 14.1. The van der Waals surface area contributed by atoms with E-state index in [9.17, 15) is 0 Å². The molecule has 0 radical (unpaired) electrons. The van der Waals surface area contributed by atoms with Crippen molar-refractivity contribution in [3.8, 4) is 11.5 Å². The molecule has 0 amide bonds. The Balaban J connectivity index is 1.36. The summed E-state index contributed by atoms with van der Waals surface area (Å²) in [7, 11) is 1.95. The molecule has 0 atom stereocenters. The van der Waals surface area contributed by atoms with Gasteiger partial charge in [-0.15, -0.1) is 0 Å². The highest BCUT2D eigenvalue weighted by Gasteiger charge is 2.23. The van der Waals surface area contributed by atoms with Crippen molar-refractivity contribution in [1.82, 2.24) is 30.2 Å². The fourth-order valence-corrected chi connectivity index (χ4v) is 3.12. The van der Waals surface area contributed by atoms with Crippen LogP contribution in [-0.2, 0) is 13.1 Å². The lowest BCUT2D eigenvalue weighted by molar-refractivity contribution is 0.252. The monoisotopic (exact) mass is 340 g/mol. The molecule has 3 aromatic rings. The molecule has 0 N–H and O–H groups in total. The van der Waals surface area contributed by atoms with E-state index in [0.29, 0.717) is 42.2 Å². The van der Waals surface area contributed by atoms with Crippen LogP contribution in [0.5, 0.6) is 0 Å². The Kier molecular flexibility index (Phi) is 4.51. The molecule has 8 nitrogen and oxygen atoms in total. The van der Waals surface area contributed by atoms with Crippen LogP contribution in [0.25, 0.3) is 11.5 Å². The van der Waals surface area contributed by atoms with Gasteiger partial charge in [0.2, 0.25) is 17.6 Å². The normalized spacial score (nSPS) is 15.3. The van der Waals surface area contributed by atoms with Gasteiger partial charge >= 0.3 is 0 Å². The van der Waals surface area contributed by atoms with Crippen LogP contribution in [0.4, 0.5) is 0 Å². The summed E-state index contributed by atoms with van der Waals surface area (Å²) < 4.78 is 10.7. The molecule has 1 fully saturated rings. The number of rotatable bonds is 6. The molecule has 25 heavy (non-hydrogen) atoms. The van der Waals surface area contributed by atoms with Gasteiger partial charge in [0, 0.05) is 12.1 Å². The first-order valence-corrected chi connectivity index (χ1v) is 8.53. The van der Waals surface area contributed by atoms with E-state index in [2.05, 4.69) is 25.3 Å². The van der Waals surface area contributed by atoms with Gasteiger partial charge in [-0.3, -0.25) is 9.88 Å². The number of hydrogen-bond acceptors (Lipinski definition) is 8. The second-order valence-corrected chi connectivity index (χ2v) is 6.43. The molecular formula is C17H20N6O2. The first kappa shape index (κ1) is 15.9. The van der Waals surface area contributed by atoms with Crippen LogP contribution in [0.1, 0.15) is 49.2 Å². The maximum Gasteiger partial charge on any atom is 0.241 e. The summed E-state index contributed by atoms with van der Waals surface area (Å²) in [6, 6.07) is 5.59. The van der Waals surface area contributed by atoms with E-state index in [1.807, 2.05) is 30.1 Å². The Bertz CT molecular complexity index is 809. The summed E-state index contributed by atoms with van der Waals surface area (Å²) in [5, 5.41) is 8.07. The number of aromatic nitrogens is 5. The third-order valence-corrected chi connectivity index (χ3v) is 4.37. The molecule has 0 unspecified atom stereocenters. The quantitative estimate of drug-likeness (QED) is 0.676. The lowest BCUT2D eigenvalue weighted by Crippen LogP contribution is -2.18. The van der Waals surface area contributed by atoms with Crippen molar-refractivity contribution in [2.24, 2.45) is 0 Å². The van der Waals surface area contributed by atoms with Gasteiger partial charge in [0.15, 0.2) is 5.82 Å². The zero-order valence-corrected chi connectivity index (χ0v) is 14.1. The van der Waals surface area contributed by atoms with Gasteiger partial charge in [0.1, 0.15) is 5.69 Å². The summed E-state index contributed by atoms with van der Waals surface area (Å²) in [4.78, 5) is 15.1. The van der Waals surface area contributed by atoms with E-state index in [-0.39, 0.29) is 0 Å². The van der Waals surface area contributed by atoms with Crippen molar-refractivity contribution in [3.05, 3.63) is 42.0 Å². The SMILES string of the molecule is CN(Cc1noc(C2CCCC2)n1)Cc1nc(-c2ccccn2)no1. The van der Waals surface area contributed by atoms with Crippen molar-refractivity contribution in [3.63, 3.8) is 0 Å². The van der Waals surface area contributed by atoms with E-state index >= 15 is 0 Å². The average Bonchev–Trinajstić information content (AvgIpc) is 3.37. The van der Waals surface area contributed by atoms with Crippen molar-refractivity contribution >= 4 is 0 Å². The van der Waals surface area contributed by atoms with Crippen LogP contribution in [0.3, 0.4) is 0 Å². The molecule has 0 bridgehead atoms. The highest BCUT2D eigenvalue weighted by Crippen LogP contribution is 2.32. The van der Waals surface area contributed by atoms with Gasteiger partial charge < -0.3 is 9.05 Å². The summed E-state index contributed by atoms with van der Waals surface area (Å²) >= 11 is 0. The fraction of sp³-hybridized carbons (Fsp3) is 0.471. The second-order valence-electron chi connectivity index (χ2n) is 6.43. The third kappa shape index (κ3) is 3.74. The number of hydrogen-bond donors (Lipinski definition) is 0. The van der Waals surface area contributed by atoms with Crippen molar-refractivity contribution in [2.75, 3.05) is 7.05 Å². The third-order valence-electron chi connectivity index (χ3n) is 4.37. The highest BCUT2D eigenvalue weighted by molar-refractivity contribution is 5.46. The average molecular weight is 340 g/mol. The van der Waals surface area contributed by atoms with Crippen LogP contribution < -0.4 is 0 Å². The Morgan fingerprint density at radius 3 is 2.76 bits per heavy atom. The topological polar surface area (TPSA) is 94.0 Å². The lowest BCUT2D eigenvalue weighted by Gasteiger charge is -2.10. The van der Waals surface area contributed by atoms with Gasteiger partial charge in [-0.2, -0.15) is 9.97 Å². The Morgan fingerprint density at radius 1 is 1.08 bits per heavy atom. The highest BCUT2D eigenvalue weighted by atomic mass is 16.5. The minimum absolute atomic E-state index is 0.434. The molecule has 130 valence electrons. The molecule has 0 spiro atoms. The smallest absolute Gasteiger partial charge is 0.241 e. The Morgan fingerprint density at radius 2 is 1.96 bits per heavy atom. The molecule has 3 aromatic heterocycles. The van der Waals surface area contributed by atoms with Crippen LogP contribution >= 0.6 is 0 Å². The molecule has 1 aliphatic rings. The van der Waals surface area contributed by atoms with Crippen molar-refractivity contribution in [2.45, 2.75) is 44.7 Å². The summed E-state index contributed by atoms with van der Waals surface area (Å²) in [5.41, 5.74) is 0.694.